The van der Waals surface area contributed by atoms with E-state index in [1.807, 2.05) is 20.8 Å². The zero-order chi connectivity index (χ0) is 9.30. The average molecular weight is 184 g/mol. The molecule has 0 aliphatic rings. The Morgan fingerprint density at radius 1 is 1.58 bits per heavy atom. The largest absolute Gasteiger partial charge is 0.478 e. The molecule has 1 rings (SSSR count). The highest BCUT2D eigenvalue weighted by molar-refractivity contribution is 7.10. The van der Waals surface area contributed by atoms with Crippen LogP contribution in [0.1, 0.15) is 40.6 Å². The fraction of sp³-hybridized carbons (Fsp3) is 0.444. The molecule has 0 aliphatic carbocycles. The van der Waals surface area contributed by atoms with E-state index in [2.05, 4.69) is 0 Å². The van der Waals surface area contributed by atoms with Crippen LogP contribution in [-0.4, -0.2) is 11.1 Å². The van der Waals surface area contributed by atoms with E-state index in [-0.39, 0.29) is 0 Å². The molecular weight excluding hydrogens is 172 g/mol. The first kappa shape index (κ1) is 9.26. The van der Waals surface area contributed by atoms with Gasteiger partial charge in [0, 0.05) is 10.3 Å². The molecule has 0 amide bonds. The van der Waals surface area contributed by atoms with Crippen LogP contribution in [0.5, 0.6) is 0 Å². The molecule has 0 atom stereocenters. The highest BCUT2D eigenvalue weighted by atomic mass is 32.1. The molecule has 0 unspecified atom stereocenters. The maximum Gasteiger partial charge on any atom is 0.336 e. The Kier molecular flexibility index (Phi) is 2.52. The summed E-state index contributed by atoms with van der Waals surface area (Å²) in [5.74, 6) is -0.523. The van der Waals surface area contributed by atoms with Crippen LogP contribution < -0.4 is 0 Å². The van der Waals surface area contributed by atoms with Gasteiger partial charge in [0.2, 0.25) is 0 Å². The summed E-state index contributed by atoms with van der Waals surface area (Å²) in [6.07, 6.45) is 0. The molecule has 0 radical (unpaired) electrons. The second-order valence-corrected chi connectivity index (χ2v) is 4.16. The summed E-state index contributed by atoms with van der Waals surface area (Å²) in [5, 5.41) is 10.5. The van der Waals surface area contributed by atoms with Gasteiger partial charge in [0.05, 0.1) is 5.56 Å². The van der Waals surface area contributed by atoms with Crippen LogP contribution in [-0.2, 0) is 0 Å². The molecule has 0 aliphatic heterocycles. The minimum Gasteiger partial charge on any atom is -0.478 e. The first-order valence-corrected chi connectivity index (χ1v) is 4.73. The summed E-state index contributed by atoms with van der Waals surface area (Å²) in [4.78, 5) is 11.9. The first-order chi connectivity index (χ1) is 5.54. The minimum absolute atomic E-state index is 0.294. The molecule has 12 heavy (non-hydrogen) atoms. The second kappa shape index (κ2) is 3.27. The van der Waals surface area contributed by atoms with Crippen LogP contribution in [0.15, 0.2) is 5.38 Å². The van der Waals surface area contributed by atoms with Crippen molar-refractivity contribution in [3.05, 3.63) is 21.4 Å². The standard InChI is InChI=1S/C9H12O2S/c1-5(2)8-6(3)12-4-7(8)9(10)11/h4-5H,1-3H3,(H,10,11). The third-order valence-corrected chi connectivity index (χ3v) is 2.76. The van der Waals surface area contributed by atoms with Crippen molar-refractivity contribution < 1.29 is 9.90 Å². The van der Waals surface area contributed by atoms with Gasteiger partial charge in [0.1, 0.15) is 0 Å². The van der Waals surface area contributed by atoms with Crippen LogP contribution in [0.4, 0.5) is 0 Å². The normalized spacial score (nSPS) is 10.7. The van der Waals surface area contributed by atoms with E-state index in [1.54, 1.807) is 5.38 Å². The SMILES string of the molecule is Cc1scc(C(=O)O)c1C(C)C. The monoisotopic (exact) mass is 184 g/mol. The van der Waals surface area contributed by atoms with E-state index in [0.29, 0.717) is 11.5 Å². The number of carbonyl (C=O) groups is 1. The zero-order valence-electron chi connectivity index (χ0n) is 7.42. The van der Waals surface area contributed by atoms with Gasteiger partial charge in [-0.15, -0.1) is 11.3 Å². The van der Waals surface area contributed by atoms with Gasteiger partial charge >= 0.3 is 5.97 Å². The molecule has 3 heteroatoms. The fourth-order valence-corrected chi connectivity index (χ4v) is 2.34. The van der Waals surface area contributed by atoms with Crippen LogP contribution >= 0.6 is 11.3 Å². The summed E-state index contributed by atoms with van der Waals surface area (Å²) >= 11 is 1.51. The maximum atomic E-state index is 10.7. The summed E-state index contributed by atoms with van der Waals surface area (Å²) in [6, 6.07) is 0. The lowest BCUT2D eigenvalue weighted by Gasteiger charge is -2.05. The molecule has 0 aromatic carbocycles. The third-order valence-electron chi connectivity index (χ3n) is 1.83. The number of hydrogen-bond acceptors (Lipinski definition) is 2. The topological polar surface area (TPSA) is 37.3 Å². The van der Waals surface area contributed by atoms with Crippen molar-refractivity contribution >= 4 is 17.3 Å². The Morgan fingerprint density at radius 2 is 2.17 bits per heavy atom. The smallest absolute Gasteiger partial charge is 0.336 e. The molecule has 1 aromatic rings. The molecule has 66 valence electrons. The molecule has 1 N–H and O–H groups in total. The number of hydrogen-bond donors (Lipinski definition) is 1. The highest BCUT2D eigenvalue weighted by Crippen LogP contribution is 2.28. The van der Waals surface area contributed by atoms with Crippen molar-refractivity contribution in [2.75, 3.05) is 0 Å². The molecule has 0 fully saturated rings. The van der Waals surface area contributed by atoms with Gasteiger partial charge in [-0.1, -0.05) is 13.8 Å². The third kappa shape index (κ3) is 1.50. The van der Waals surface area contributed by atoms with Crippen LogP contribution in [0.25, 0.3) is 0 Å². The van der Waals surface area contributed by atoms with Gasteiger partial charge < -0.3 is 5.11 Å². The lowest BCUT2D eigenvalue weighted by Crippen LogP contribution is -2.01. The van der Waals surface area contributed by atoms with E-state index >= 15 is 0 Å². The van der Waals surface area contributed by atoms with Gasteiger partial charge in [-0.2, -0.15) is 0 Å². The first-order valence-electron chi connectivity index (χ1n) is 3.85. The quantitative estimate of drug-likeness (QED) is 0.767. The van der Waals surface area contributed by atoms with Crippen molar-refractivity contribution in [3.8, 4) is 0 Å². The van der Waals surface area contributed by atoms with Gasteiger partial charge in [0.15, 0.2) is 0 Å². The molecule has 0 saturated heterocycles. The number of aryl methyl sites for hydroxylation is 1. The Bertz CT molecular complexity index is 299. The summed E-state index contributed by atoms with van der Waals surface area (Å²) in [7, 11) is 0. The summed E-state index contributed by atoms with van der Waals surface area (Å²) < 4.78 is 0. The van der Waals surface area contributed by atoms with Crippen LogP contribution in [0, 0.1) is 6.92 Å². The molecule has 0 bridgehead atoms. The average Bonchev–Trinajstić information content (AvgIpc) is 2.30. The molecule has 1 heterocycles. The Morgan fingerprint density at radius 3 is 2.50 bits per heavy atom. The molecular formula is C9H12O2S. The molecule has 2 nitrogen and oxygen atoms in total. The highest BCUT2D eigenvalue weighted by Gasteiger charge is 2.16. The van der Waals surface area contributed by atoms with Crippen molar-refractivity contribution in [2.45, 2.75) is 26.7 Å². The van der Waals surface area contributed by atoms with Crippen LogP contribution in [0.3, 0.4) is 0 Å². The Hall–Kier alpha value is -0.830. The predicted octanol–water partition coefficient (Wildman–Crippen LogP) is 2.88. The van der Waals surface area contributed by atoms with Crippen molar-refractivity contribution in [1.29, 1.82) is 0 Å². The molecule has 1 aromatic heterocycles. The second-order valence-electron chi connectivity index (χ2n) is 3.08. The van der Waals surface area contributed by atoms with Gasteiger partial charge in [-0.3, -0.25) is 0 Å². The Balaban J connectivity index is 3.21. The molecule has 0 spiro atoms. The lowest BCUT2D eigenvalue weighted by atomic mass is 10.00. The van der Waals surface area contributed by atoms with E-state index in [9.17, 15) is 4.79 Å². The zero-order valence-corrected chi connectivity index (χ0v) is 8.23. The van der Waals surface area contributed by atoms with Crippen molar-refractivity contribution in [2.24, 2.45) is 0 Å². The number of rotatable bonds is 2. The predicted molar refractivity (Wildman–Crippen MR) is 50.1 cm³/mol. The van der Waals surface area contributed by atoms with Crippen molar-refractivity contribution in [1.82, 2.24) is 0 Å². The summed E-state index contributed by atoms with van der Waals surface area (Å²) in [5.41, 5.74) is 1.44. The minimum atomic E-state index is -0.817. The van der Waals surface area contributed by atoms with E-state index < -0.39 is 5.97 Å². The summed E-state index contributed by atoms with van der Waals surface area (Å²) in [6.45, 7) is 6.00. The Labute approximate surface area is 75.9 Å². The van der Waals surface area contributed by atoms with E-state index in [4.69, 9.17) is 5.11 Å². The fourth-order valence-electron chi connectivity index (χ4n) is 1.35. The number of thiophene rings is 1. The lowest BCUT2D eigenvalue weighted by molar-refractivity contribution is 0.0696. The number of aromatic carboxylic acids is 1. The van der Waals surface area contributed by atoms with Crippen LogP contribution in [0.2, 0.25) is 0 Å². The number of carboxylic acids is 1. The van der Waals surface area contributed by atoms with Gasteiger partial charge in [-0.05, 0) is 18.4 Å². The maximum absolute atomic E-state index is 10.7. The number of carboxylic acid groups (broad SMARTS) is 1. The van der Waals surface area contributed by atoms with Gasteiger partial charge in [0.25, 0.3) is 0 Å². The van der Waals surface area contributed by atoms with Crippen molar-refractivity contribution in [3.63, 3.8) is 0 Å². The molecule has 0 saturated carbocycles. The van der Waals surface area contributed by atoms with E-state index in [0.717, 1.165) is 10.4 Å². The van der Waals surface area contributed by atoms with E-state index in [1.165, 1.54) is 11.3 Å². The van der Waals surface area contributed by atoms with Gasteiger partial charge in [-0.25, -0.2) is 4.79 Å².